The minimum atomic E-state index is -5.10. The van der Waals surface area contributed by atoms with Gasteiger partial charge in [-0.25, -0.2) is 4.39 Å². The fraction of sp³-hybridized carbons (Fsp3) is 0.900. The first-order valence-corrected chi connectivity index (χ1v) is 5.40. The highest BCUT2D eigenvalue weighted by molar-refractivity contribution is 5.81. The van der Waals surface area contributed by atoms with E-state index >= 15 is 0 Å². The number of nitrogens with one attached hydrogen (secondary N) is 1. The Labute approximate surface area is 90.4 Å². The number of hydrogen-bond donors (Lipinski definition) is 1. The molecule has 1 N–H and O–H groups in total. The van der Waals surface area contributed by atoms with Crippen molar-refractivity contribution in [3.63, 3.8) is 0 Å². The van der Waals surface area contributed by atoms with Gasteiger partial charge in [-0.05, 0) is 37.5 Å². The van der Waals surface area contributed by atoms with E-state index in [1.54, 1.807) is 0 Å². The number of rotatable bonds is 2. The molecule has 0 saturated heterocycles. The molecule has 1 atom stereocenters. The van der Waals surface area contributed by atoms with Crippen molar-refractivity contribution in [1.29, 1.82) is 0 Å². The van der Waals surface area contributed by atoms with Gasteiger partial charge in [0.05, 0.1) is 0 Å². The van der Waals surface area contributed by atoms with Crippen molar-refractivity contribution < 1.29 is 22.4 Å². The van der Waals surface area contributed by atoms with Crippen LogP contribution in [0.5, 0.6) is 0 Å². The molecule has 0 heterocycles. The number of carbonyl (C=O) groups excluding carboxylic acids is 1. The van der Waals surface area contributed by atoms with Gasteiger partial charge in [0, 0.05) is 6.04 Å². The van der Waals surface area contributed by atoms with Crippen LogP contribution in [0.3, 0.4) is 0 Å². The van der Waals surface area contributed by atoms with Crippen LogP contribution in [0, 0.1) is 11.8 Å². The Morgan fingerprint density at radius 1 is 1.12 bits per heavy atom. The molecule has 2 saturated carbocycles. The summed E-state index contributed by atoms with van der Waals surface area (Å²) in [5, 5.41) is 2.21. The highest BCUT2D eigenvalue weighted by Crippen LogP contribution is 2.44. The fourth-order valence-electron chi connectivity index (χ4n) is 2.87. The minimum absolute atomic E-state index is 0.242. The number of hydrogen-bond acceptors (Lipinski definition) is 1. The monoisotopic (exact) mass is 239 g/mol. The SMILES string of the molecule is O=C(NC1C2CCC1CC2)C(F)C(F)(F)F. The van der Waals surface area contributed by atoms with Crippen LogP contribution in [0.4, 0.5) is 17.6 Å². The first kappa shape index (κ1) is 11.7. The first-order chi connectivity index (χ1) is 7.39. The van der Waals surface area contributed by atoms with Crippen LogP contribution in [-0.2, 0) is 4.79 Å². The van der Waals surface area contributed by atoms with E-state index in [1.807, 2.05) is 0 Å². The van der Waals surface area contributed by atoms with E-state index in [1.165, 1.54) is 0 Å². The molecular weight excluding hydrogens is 226 g/mol. The summed E-state index contributed by atoms with van der Waals surface area (Å²) < 4.78 is 48.5. The minimum Gasteiger partial charge on any atom is -0.350 e. The molecule has 2 bridgehead atoms. The van der Waals surface area contributed by atoms with Crippen LogP contribution in [0.15, 0.2) is 0 Å². The third-order valence-corrected chi connectivity index (χ3v) is 3.66. The van der Waals surface area contributed by atoms with Gasteiger partial charge in [0.2, 0.25) is 0 Å². The number of fused-ring (bicyclic) bond motifs is 2. The van der Waals surface area contributed by atoms with Crippen LogP contribution < -0.4 is 5.32 Å². The van der Waals surface area contributed by atoms with Crippen LogP contribution in [0.1, 0.15) is 25.7 Å². The lowest BCUT2D eigenvalue weighted by molar-refractivity contribution is -0.187. The average Bonchev–Trinajstić information content (AvgIpc) is 2.75. The van der Waals surface area contributed by atoms with Crippen molar-refractivity contribution in [3.05, 3.63) is 0 Å². The summed E-state index contributed by atoms with van der Waals surface area (Å²) in [5.74, 6) is -1.04. The summed E-state index contributed by atoms with van der Waals surface area (Å²) in [6.07, 6.45) is -4.77. The standard InChI is InChI=1S/C10H13F4NO/c11-8(10(12,13)14)9(16)15-7-5-1-2-6(7)4-3-5/h5-8H,1-4H2,(H,15,16). The van der Waals surface area contributed by atoms with Crippen molar-refractivity contribution >= 4 is 5.91 Å². The van der Waals surface area contributed by atoms with Crippen LogP contribution in [-0.4, -0.2) is 24.3 Å². The second-order valence-electron chi connectivity index (χ2n) is 4.61. The Balaban J connectivity index is 1.93. The Bertz CT molecular complexity index is 271. The maximum atomic E-state index is 12.7. The van der Waals surface area contributed by atoms with E-state index < -0.39 is 18.3 Å². The first-order valence-electron chi connectivity index (χ1n) is 5.40. The predicted molar refractivity (Wildman–Crippen MR) is 48.3 cm³/mol. The van der Waals surface area contributed by atoms with E-state index in [-0.39, 0.29) is 17.9 Å². The van der Waals surface area contributed by atoms with E-state index in [0.717, 1.165) is 25.7 Å². The summed E-state index contributed by atoms with van der Waals surface area (Å²) in [5.41, 5.74) is 0. The van der Waals surface area contributed by atoms with E-state index in [9.17, 15) is 22.4 Å². The molecule has 0 radical (unpaired) electrons. The summed E-state index contributed by atoms with van der Waals surface area (Å²) in [6.45, 7) is 0. The third kappa shape index (κ3) is 2.01. The molecule has 1 unspecified atom stereocenters. The summed E-state index contributed by atoms with van der Waals surface area (Å²) in [6, 6.07) is -0.242. The summed E-state index contributed by atoms with van der Waals surface area (Å²) in [4.78, 5) is 11.1. The normalized spacial score (nSPS) is 35.1. The van der Waals surface area contributed by atoms with E-state index in [2.05, 4.69) is 5.32 Å². The zero-order chi connectivity index (χ0) is 11.9. The molecule has 0 aliphatic heterocycles. The molecule has 2 aliphatic rings. The molecule has 6 heteroatoms. The van der Waals surface area contributed by atoms with E-state index in [0.29, 0.717) is 0 Å². The highest BCUT2D eigenvalue weighted by atomic mass is 19.4. The molecule has 1 amide bonds. The van der Waals surface area contributed by atoms with Crippen LogP contribution in [0.2, 0.25) is 0 Å². The van der Waals surface area contributed by atoms with Gasteiger partial charge >= 0.3 is 6.18 Å². The molecule has 2 fully saturated rings. The zero-order valence-electron chi connectivity index (χ0n) is 8.56. The molecule has 0 aromatic heterocycles. The average molecular weight is 239 g/mol. The van der Waals surface area contributed by atoms with Crippen LogP contribution in [0.25, 0.3) is 0 Å². The Hall–Kier alpha value is -0.810. The van der Waals surface area contributed by atoms with Gasteiger partial charge < -0.3 is 5.32 Å². The molecule has 2 nitrogen and oxygen atoms in total. The maximum absolute atomic E-state index is 12.7. The van der Waals surface area contributed by atoms with Gasteiger partial charge in [-0.1, -0.05) is 0 Å². The Kier molecular flexibility index (Phi) is 2.84. The Morgan fingerprint density at radius 2 is 1.56 bits per heavy atom. The molecule has 92 valence electrons. The van der Waals surface area contributed by atoms with Crippen molar-refractivity contribution in [1.82, 2.24) is 5.32 Å². The molecule has 0 aromatic rings. The Morgan fingerprint density at radius 3 is 1.94 bits per heavy atom. The lowest BCUT2D eigenvalue weighted by Crippen LogP contribution is -2.47. The van der Waals surface area contributed by atoms with Crippen molar-refractivity contribution in [2.75, 3.05) is 0 Å². The van der Waals surface area contributed by atoms with Crippen LogP contribution >= 0.6 is 0 Å². The van der Waals surface area contributed by atoms with Gasteiger partial charge in [-0.3, -0.25) is 4.79 Å². The second kappa shape index (κ2) is 3.89. The predicted octanol–water partition coefficient (Wildman–Crippen LogP) is 2.19. The zero-order valence-corrected chi connectivity index (χ0v) is 8.56. The van der Waals surface area contributed by atoms with Gasteiger partial charge in [-0.2, -0.15) is 13.2 Å². The number of alkyl halides is 4. The highest BCUT2D eigenvalue weighted by Gasteiger charge is 2.49. The lowest BCUT2D eigenvalue weighted by Gasteiger charge is -2.20. The van der Waals surface area contributed by atoms with Gasteiger partial charge in [-0.15, -0.1) is 0 Å². The van der Waals surface area contributed by atoms with Crippen molar-refractivity contribution in [2.24, 2.45) is 11.8 Å². The molecule has 2 rings (SSSR count). The summed E-state index contributed by atoms with van der Waals surface area (Å²) in [7, 11) is 0. The molecular formula is C10H13F4NO. The second-order valence-corrected chi connectivity index (χ2v) is 4.61. The summed E-state index contributed by atoms with van der Waals surface area (Å²) >= 11 is 0. The topological polar surface area (TPSA) is 29.1 Å². The largest absolute Gasteiger partial charge is 0.428 e. The number of carbonyl (C=O) groups is 1. The lowest BCUT2D eigenvalue weighted by atomic mass is 10.0. The van der Waals surface area contributed by atoms with E-state index in [4.69, 9.17) is 0 Å². The third-order valence-electron chi connectivity index (χ3n) is 3.66. The molecule has 0 spiro atoms. The van der Waals surface area contributed by atoms with Crippen molar-refractivity contribution in [3.8, 4) is 0 Å². The number of amides is 1. The van der Waals surface area contributed by atoms with Gasteiger partial charge in [0.15, 0.2) is 0 Å². The van der Waals surface area contributed by atoms with Gasteiger partial charge in [0.1, 0.15) is 0 Å². The van der Waals surface area contributed by atoms with Crippen molar-refractivity contribution in [2.45, 2.75) is 44.1 Å². The molecule has 0 aromatic carbocycles. The molecule has 16 heavy (non-hydrogen) atoms. The molecule has 2 aliphatic carbocycles. The maximum Gasteiger partial charge on any atom is 0.428 e. The smallest absolute Gasteiger partial charge is 0.350 e. The fourth-order valence-corrected chi connectivity index (χ4v) is 2.87. The quantitative estimate of drug-likeness (QED) is 0.735. The van der Waals surface area contributed by atoms with Gasteiger partial charge in [0.25, 0.3) is 12.1 Å². The number of halogens is 4.